The summed E-state index contributed by atoms with van der Waals surface area (Å²) in [6.07, 6.45) is 4.61. The number of nitrogens with zero attached hydrogens (tertiary/aromatic N) is 1. The van der Waals surface area contributed by atoms with Gasteiger partial charge in [0.05, 0.1) is 4.90 Å². The zero-order valence-electron chi connectivity index (χ0n) is 16.0. The van der Waals surface area contributed by atoms with Crippen LogP contribution in [0.25, 0.3) is 10.8 Å². The number of hydrogen-bond donors (Lipinski definition) is 1. The zero-order valence-corrected chi connectivity index (χ0v) is 16.8. The summed E-state index contributed by atoms with van der Waals surface area (Å²) in [5.74, 6) is 0. The molecule has 0 aliphatic carbocycles. The lowest BCUT2D eigenvalue weighted by atomic mass is 9.97. The van der Waals surface area contributed by atoms with Crippen LogP contribution in [0.5, 0.6) is 0 Å². The molecule has 2 aromatic rings. The molecule has 1 saturated heterocycles. The minimum Gasteiger partial charge on any atom is -0.298 e. The lowest BCUT2D eigenvalue weighted by molar-refractivity contribution is 0.103. The third-order valence-electron chi connectivity index (χ3n) is 5.65. The summed E-state index contributed by atoms with van der Waals surface area (Å²) in [5.41, 5.74) is 1.09. The third-order valence-corrected chi connectivity index (χ3v) is 7.17. The van der Waals surface area contributed by atoms with Crippen LogP contribution in [0.2, 0.25) is 0 Å². The van der Waals surface area contributed by atoms with Gasteiger partial charge in [-0.05, 0) is 63.6 Å². The molecular weight excluding hydrogens is 344 g/mol. The van der Waals surface area contributed by atoms with Crippen molar-refractivity contribution in [2.45, 2.75) is 63.4 Å². The minimum atomic E-state index is -3.50. The summed E-state index contributed by atoms with van der Waals surface area (Å²) >= 11 is 0. The Morgan fingerprint density at radius 1 is 1.04 bits per heavy atom. The maximum Gasteiger partial charge on any atom is 0.241 e. The highest BCUT2D eigenvalue weighted by Gasteiger charge is 2.24. The molecule has 26 heavy (non-hydrogen) atoms. The highest BCUT2D eigenvalue weighted by molar-refractivity contribution is 7.89. The van der Waals surface area contributed by atoms with Gasteiger partial charge in [-0.25, -0.2) is 13.1 Å². The molecule has 1 N–H and O–H groups in total. The topological polar surface area (TPSA) is 49.4 Å². The van der Waals surface area contributed by atoms with E-state index in [1.807, 2.05) is 37.3 Å². The van der Waals surface area contributed by atoms with E-state index in [1.165, 1.54) is 19.3 Å². The van der Waals surface area contributed by atoms with Crippen LogP contribution in [-0.4, -0.2) is 38.5 Å². The molecule has 2 atom stereocenters. The number of sulfonamides is 1. The van der Waals surface area contributed by atoms with E-state index in [1.54, 1.807) is 6.07 Å². The number of rotatable bonds is 6. The first-order valence-corrected chi connectivity index (χ1v) is 11.1. The Morgan fingerprint density at radius 3 is 2.42 bits per heavy atom. The van der Waals surface area contributed by atoms with Gasteiger partial charge in [0.1, 0.15) is 0 Å². The number of benzene rings is 2. The number of aryl methyl sites for hydroxylation is 1. The number of likely N-dealkylation sites (tertiary alicyclic amines) is 1. The van der Waals surface area contributed by atoms with Crippen molar-refractivity contribution in [1.82, 2.24) is 9.62 Å². The Balaban J connectivity index is 1.66. The average molecular weight is 375 g/mol. The van der Waals surface area contributed by atoms with E-state index in [0.29, 0.717) is 23.5 Å². The van der Waals surface area contributed by atoms with Crippen molar-refractivity contribution in [3.63, 3.8) is 0 Å². The largest absolute Gasteiger partial charge is 0.298 e. The van der Waals surface area contributed by atoms with Crippen LogP contribution < -0.4 is 4.72 Å². The maximum absolute atomic E-state index is 12.8. The first-order chi connectivity index (χ1) is 12.4. The van der Waals surface area contributed by atoms with E-state index in [0.717, 1.165) is 29.3 Å². The lowest BCUT2D eigenvalue weighted by Gasteiger charge is -2.39. The van der Waals surface area contributed by atoms with Crippen LogP contribution in [0.4, 0.5) is 0 Å². The molecule has 1 aliphatic rings. The molecule has 2 aromatic carbocycles. The van der Waals surface area contributed by atoms with Gasteiger partial charge >= 0.3 is 0 Å². The van der Waals surface area contributed by atoms with Gasteiger partial charge in [-0.15, -0.1) is 0 Å². The number of piperidine rings is 1. The van der Waals surface area contributed by atoms with Crippen molar-refractivity contribution in [2.75, 3.05) is 13.1 Å². The van der Waals surface area contributed by atoms with Crippen molar-refractivity contribution in [2.24, 2.45) is 0 Å². The maximum atomic E-state index is 12.8. The molecule has 3 rings (SSSR count). The molecule has 0 amide bonds. The molecule has 2 unspecified atom stereocenters. The molecule has 1 fully saturated rings. The standard InChI is InChI=1S/C21H30N2O2S/c1-16-8-4-12-20-19(16)11-6-13-21(20)26(24,25)22-14-7-15-23-17(2)9-5-10-18(23)3/h4,6,8,11-13,17-18,22H,5,7,9-10,14-15H2,1-3H3. The van der Waals surface area contributed by atoms with Gasteiger partial charge in [0.15, 0.2) is 0 Å². The Labute approximate surface area is 157 Å². The molecule has 1 aliphatic heterocycles. The Kier molecular flexibility index (Phi) is 6.00. The van der Waals surface area contributed by atoms with Crippen LogP contribution in [0.3, 0.4) is 0 Å². The molecule has 0 spiro atoms. The van der Waals surface area contributed by atoms with E-state index in [9.17, 15) is 8.42 Å². The smallest absolute Gasteiger partial charge is 0.241 e. The second-order valence-corrected chi connectivity index (χ2v) is 9.28. The molecule has 0 bridgehead atoms. The predicted octanol–water partition coefficient (Wildman–Crippen LogP) is 4.08. The zero-order chi connectivity index (χ0) is 18.7. The second kappa shape index (κ2) is 8.07. The molecule has 0 radical (unpaired) electrons. The van der Waals surface area contributed by atoms with Gasteiger partial charge < -0.3 is 0 Å². The molecule has 4 nitrogen and oxygen atoms in total. The van der Waals surface area contributed by atoms with Gasteiger partial charge in [0.2, 0.25) is 10.0 Å². The van der Waals surface area contributed by atoms with E-state index in [-0.39, 0.29) is 0 Å². The van der Waals surface area contributed by atoms with Crippen LogP contribution in [0, 0.1) is 6.92 Å². The predicted molar refractivity (Wildman–Crippen MR) is 108 cm³/mol. The van der Waals surface area contributed by atoms with Gasteiger partial charge in [-0.3, -0.25) is 4.90 Å². The quantitative estimate of drug-likeness (QED) is 0.775. The number of fused-ring (bicyclic) bond motifs is 1. The van der Waals surface area contributed by atoms with E-state index >= 15 is 0 Å². The van der Waals surface area contributed by atoms with Crippen molar-refractivity contribution < 1.29 is 8.42 Å². The Bertz CT molecular complexity index is 853. The SMILES string of the molecule is Cc1cccc2c(S(=O)(=O)NCCCN3C(C)CCCC3C)cccc12. The van der Waals surface area contributed by atoms with Crippen molar-refractivity contribution in [3.05, 3.63) is 42.0 Å². The third kappa shape index (κ3) is 4.11. The molecular formula is C21H30N2O2S. The van der Waals surface area contributed by atoms with E-state index in [4.69, 9.17) is 0 Å². The van der Waals surface area contributed by atoms with Gasteiger partial charge in [0.25, 0.3) is 0 Å². The van der Waals surface area contributed by atoms with Crippen molar-refractivity contribution in [1.29, 1.82) is 0 Å². The first-order valence-electron chi connectivity index (χ1n) is 9.64. The van der Waals surface area contributed by atoms with Crippen LogP contribution in [-0.2, 0) is 10.0 Å². The molecule has 1 heterocycles. The summed E-state index contributed by atoms with van der Waals surface area (Å²) in [5, 5.41) is 1.78. The van der Waals surface area contributed by atoms with Crippen LogP contribution in [0.15, 0.2) is 41.3 Å². The fourth-order valence-electron chi connectivity index (χ4n) is 4.13. The molecule has 5 heteroatoms. The fourth-order valence-corrected chi connectivity index (χ4v) is 5.43. The summed E-state index contributed by atoms with van der Waals surface area (Å²) in [6, 6.07) is 12.5. The fraction of sp³-hybridized carbons (Fsp3) is 0.524. The van der Waals surface area contributed by atoms with Gasteiger partial charge in [0, 0.05) is 24.0 Å². The Hall–Kier alpha value is -1.43. The molecule has 142 valence electrons. The van der Waals surface area contributed by atoms with Crippen molar-refractivity contribution >= 4 is 20.8 Å². The minimum absolute atomic E-state index is 0.374. The van der Waals surface area contributed by atoms with Crippen LogP contribution in [0.1, 0.15) is 45.1 Å². The summed E-state index contributed by atoms with van der Waals surface area (Å²) < 4.78 is 28.4. The Morgan fingerprint density at radius 2 is 1.69 bits per heavy atom. The molecule has 0 aromatic heterocycles. The van der Waals surface area contributed by atoms with Crippen molar-refractivity contribution in [3.8, 4) is 0 Å². The number of hydrogen-bond acceptors (Lipinski definition) is 3. The molecule has 0 saturated carbocycles. The van der Waals surface area contributed by atoms with Gasteiger partial charge in [-0.1, -0.05) is 36.8 Å². The summed E-state index contributed by atoms with van der Waals surface area (Å²) in [4.78, 5) is 2.89. The summed E-state index contributed by atoms with van der Waals surface area (Å²) in [6.45, 7) is 7.98. The highest BCUT2D eigenvalue weighted by Crippen LogP contribution is 2.25. The van der Waals surface area contributed by atoms with E-state index < -0.39 is 10.0 Å². The highest BCUT2D eigenvalue weighted by atomic mass is 32.2. The average Bonchev–Trinajstić information content (AvgIpc) is 2.60. The first kappa shape index (κ1) is 19.3. The normalized spacial score (nSPS) is 22.0. The number of nitrogens with one attached hydrogen (secondary N) is 1. The lowest BCUT2D eigenvalue weighted by Crippen LogP contribution is -2.44. The summed E-state index contributed by atoms with van der Waals surface area (Å²) in [7, 11) is -3.50. The second-order valence-electron chi connectivity index (χ2n) is 7.54. The van der Waals surface area contributed by atoms with Gasteiger partial charge in [-0.2, -0.15) is 0 Å². The van der Waals surface area contributed by atoms with E-state index in [2.05, 4.69) is 23.5 Å². The van der Waals surface area contributed by atoms with Crippen LogP contribution >= 0.6 is 0 Å². The monoisotopic (exact) mass is 374 g/mol.